The summed E-state index contributed by atoms with van der Waals surface area (Å²) in [6.07, 6.45) is -4.51. The van der Waals surface area contributed by atoms with Gasteiger partial charge in [0.05, 0.1) is 8.66 Å². The van der Waals surface area contributed by atoms with Crippen LogP contribution in [-0.4, -0.2) is 29.4 Å². The van der Waals surface area contributed by atoms with E-state index < -0.39 is 11.6 Å². The molecule has 1 N–H and O–H groups in total. The molecule has 0 amide bonds. The van der Waals surface area contributed by atoms with Crippen molar-refractivity contribution in [3.63, 3.8) is 0 Å². The maximum absolute atomic E-state index is 13.3. The number of hydrogen-bond donors (Lipinski definition) is 1. The van der Waals surface area contributed by atoms with Crippen LogP contribution in [0.5, 0.6) is 0 Å². The Kier molecular flexibility index (Phi) is 3.38. The molecule has 108 valence electrons. The molecule has 3 heterocycles. The Hall–Kier alpha value is -0.930. The summed E-state index contributed by atoms with van der Waals surface area (Å²) in [5.41, 5.74) is -2.08. The minimum atomic E-state index is -4.42. The van der Waals surface area contributed by atoms with E-state index in [1.54, 1.807) is 12.1 Å². The summed E-state index contributed by atoms with van der Waals surface area (Å²) in [6.45, 7) is 0.0496. The molecule has 2 aromatic heterocycles. The third kappa shape index (κ3) is 2.17. The van der Waals surface area contributed by atoms with Gasteiger partial charge in [0.1, 0.15) is 0 Å². The van der Waals surface area contributed by atoms with Crippen LogP contribution in [0.2, 0.25) is 0 Å². The first kappa shape index (κ1) is 14.0. The van der Waals surface area contributed by atoms with Crippen LogP contribution in [0.15, 0.2) is 20.4 Å². The van der Waals surface area contributed by atoms with Gasteiger partial charge in [-0.15, -0.1) is 11.3 Å². The minimum Gasteiger partial charge on any atom is -0.338 e. The smallest absolute Gasteiger partial charge is 0.338 e. The molecule has 1 atom stereocenters. The van der Waals surface area contributed by atoms with Crippen LogP contribution in [0, 0.1) is 0 Å². The van der Waals surface area contributed by atoms with Gasteiger partial charge >= 0.3 is 6.18 Å². The van der Waals surface area contributed by atoms with Crippen molar-refractivity contribution in [1.82, 2.24) is 15.5 Å². The van der Waals surface area contributed by atoms with Crippen molar-refractivity contribution < 1.29 is 17.7 Å². The molecule has 20 heavy (non-hydrogen) atoms. The normalized spacial score (nSPS) is 23.4. The summed E-state index contributed by atoms with van der Waals surface area (Å²) in [4.78, 5) is 4.63. The second-order valence-electron chi connectivity index (χ2n) is 4.53. The van der Waals surface area contributed by atoms with Gasteiger partial charge in [0.25, 0.3) is 0 Å². The van der Waals surface area contributed by atoms with Gasteiger partial charge < -0.3 is 9.84 Å². The molecule has 0 spiro atoms. The van der Waals surface area contributed by atoms with Crippen molar-refractivity contribution in [2.45, 2.75) is 18.0 Å². The summed E-state index contributed by atoms with van der Waals surface area (Å²) in [6, 6.07) is 3.52. The highest BCUT2D eigenvalue weighted by Crippen LogP contribution is 2.45. The molecule has 0 radical (unpaired) electrons. The highest BCUT2D eigenvalue weighted by Gasteiger charge is 2.61. The first-order valence-corrected chi connectivity index (χ1v) is 7.41. The van der Waals surface area contributed by atoms with Gasteiger partial charge in [-0.05, 0) is 41.0 Å². The fraction of sp³-hybridized carbons (Fsp3) is 0.455. The summed E-state index contributed by atoms with van der Waals surface area (Å²) < 4.78 is 45.8. The molecule has 1 fully saturated rings. The van der Waals surface area contributed by atoms with Crippen molar-refractivity contribution in [3.8, 4) is 10.7 Å². The molecular weight excluding hydrogens is 359 g/mol. The molecule has 0 bridgehead atoms. The Morgan fingerprint density at radius 3 is 2.75 bits per heavy atom. The van der Waals surface area contributed by atoms with E-state index in [0.29, 0.717) is 4.88 Å². The Morgan fingerprint density at radius 1 is 1.40 bits per heavy atom. The summed E-state index contributed by atoms with van der Waals surface area (Å²) in [5.74, 6) is -0.180. The van der Waals surface area contributed by atoms with Crippen LogP contribution in [0.4, 0.5) is 13.2 Å². The second-order valence-corrected chi connectivity index (χ2v) is 7.00. The van der Waals surface area contributed by atoms with E-state index in [1.807, 2.05) is 0 Å². The van der Waals surface area contributed by atoms with Gasteiger partial charge in [-0.2, -0.15) is 18.2 Å². The predicted octanol–water partition coefficient (Wildman–Crippen LogP) is 3.35. The molecule has 4 nitrogen and oxygen atoms in total. The lowest BCUT2D eigenvalue weighted by Gasteiger charge is -2.26. The zero-order valence-electron chi connectivity index (χ0n) is 10.00. The molecule has 1 unspecified atom stereocenters. The molecule has 1 saturated heterocycles. The molecule has 0 saturated carbocycles. The van der Waals surface area contributed by atoms with Gasteiger partial charge in [-0.25, -0.2) is 0 Å². The van der Waals surface area contributed by atoms with E-state index in [9.17, 15) is 13.2 Å². The van der Waals surface area contributed by atoms with Crippen LogP contribution >= 0.6 is 27.3 Å². The number of rotatable bonds is 2. The average molecular weight is 368 g/mol. The Bertz CT molecular complexity index is 618. The van der Waals surface area contributed by atoms with E-state index in [1.165, 1.54) is 11.3 Å². The van der Waals surface area contributed by atoms with E-state index >= 15 is 0 Å². The lowest BCUT2D eigenvalue weighted by molar-refractivity contribution is -0.191. The van der Waals surface area contributed by atoms with Gasteiger partial charge in [0.2, 0.25) is 11.7 Å². The maximum Gasteiger partial charge on any atom is 0.404 e. The van der Waals surface area contributed by atoms with E-state index in [2.05, 4.69) is 31.4 Å². The largest absolute Gasteiger partial charge is 0.404 e. The number of hydrogen-bond acceptors (Lipinski definition) is 5. The summed E-state index contributed by atoms with van der Waals surface area (Å²) in [5, 5.41) is 6.40. The Balaban J connectivity index is 2.00. The predicted molar refractivity (Wildman–Crippen MR) is 70.5 cm³/mol. The van der Waals surface area contributed by atoms with Crippen molar-refractivity contribution in [3.05, 3.63) is 21.8 Å². The molecule has 2 aromatic rings. The molecule has 1 aliphatic rings. The third-order valence-corrected chi connectivity index (χ3v) is 4.95. The SMILES string of the molecule is FC(F)(F)C1(c2nc(-c3ccc(Br)s3)no2)CCNC1. The van der Waals surface area contributed by atoms with Crippen molar-refractivity contribution >= 4 is 27.3 Å². The number of nitrogens with zero attached hydrogens (tertiary/aromatic N) is 2. The molecule has 3 rings (SSSR count). The number of halogens is 4. The van der Waals surface area contributed by atoms with Crippen LogP contribution in [0.1, 0.15) is 12.3 Å². The lowest BCUT2D eigenvalue weighted by Crippen LogP contribution is -2.44. The zero-order chi connectivity index (χ0) is 14.4. The highest BCUT2D eigenvalue weighted by molar-refractivity contribution is 9.11. The van der Waals surface area contributed by atoms with Crippen LogP contribution in [-0.2, 0) is 5.41 Å². The minimum absolute atomic E-state index is 0.0910. The second kappa shape index (κ2) is 4.81. The number of thiophene rings is 1. The Labute approximate surface area is 124 Å². The lowest BCUT2D eigenvalue weighted by atomic mass is 9.86. The van der Waals surface area contributed by atoms with Gasteiger partial charge in [-0.3, -0.25) is 0 Å². The summed E-state index contributed by atoms with van der Waals surface area (Å²) in [7, 11) is 0. The number of nitrogens with one attached hydrogen (secondary N) is 1. The maximum atomic E-state index is 13.3. The first-order valence-electron chi connectivity index (χ1n) is 5.80. The number of alkyl halides is 3. The fourth-order valence-electron chi connectivity index (χ4n) is 2.19. The quantitative estimate of drug-likeness (QED) is 0.884. The van der Waals surface area contributed by atoms with Crippen molar-refractivity contribution in [2.24, 2.45) is 0 Å². The molecular formula is C11H9BrF3N3OS. The molecule has 0 aromatic carbocycles. The molecule has 1 aliphatic heterocycles. The van der Waals surface area contributed by atoms with Gasteiger partial charge in [-0.1, -0.05) is 5.16 Å². The Morgan fingerprint density at radius 2 is 2.20 bits per heavy atom. The van der Waals surface area contributed by atoms with E-state index in [4.69, 9.17) is 4.52 Å². The monoisotopic (exact) mass is 367 g/mol. The highest BCUT2D eigenvalue weighted by atomic mass is 79.9. The van der Waals surface area contributed by atoms with E-state index in [-0.39, 0.29) is 31.2 Å². The van der Waals surface area contributed by atoms with Gasteiger partial charge in [0.15, 0.2) is 5.41 Å². The number of aromatic nitrogens is 2. The summed E-state index contributed by atoms with van der Waals surface area (Å²) >= 11 is 4.63. The standard InChI is InChI=1S/C11H9BrF3N3OS/c12-7-2-1-6(20-7)8-17-9(19-18-8)10(11(13,14)15)3-4-16-5-10/h1-2,16H,3-5H2. The van der Waals surface area contributed by atoms with Crippen LogP contribution in [0.3, 0.4) is 0 Å². The third-order valence-electron chi connectivity index (χ3n) is 3.33. The molecule has 9 heteroatoms. The molecule has 0 aliphatic carbocycles. The van der Waals surface area contributed by atoms with Crippen molar-refractivity contribution in [1.29, 1.82) is 0 Å². The van der Waals surface area contributed by atoms with Gasteiger partial charge in [0, 0.05) is 6.54 Å². The van der Waals surface area contributed by atoms with E-state index in [0.717, 1.165) is 3.79 Å². The first-order chi connectivity index (χ1) is 9.42. The average Bonchev–Trinajstić information content (AvgIpc) is 3.07. The fourth-order valence-corrected chi connectivity index (χ4v) is 3.50. The topological polar surface area (TPSA) is 51.0 Å². The van der Waals surface area contributed by atoms with Crippen LogP contribution < -0.4 is 5.32 Å². The van der Waals surface area contributed by atoms with Crippen molar-refractivity contribution in [2.75, 3.05) is 13.1 Å². The zero-order valence-corrected chi connectivity index (χ0v) is 12.4. The van der Waals surface area contributed by atoms with Crippen LogP contribution in [0.25, 0.3) is 10.7 Å².